The van der Waals surface area contributed by atoms with Crippen molar-refractivity contribution in [1.82, 2.24) is 0 Å². The number of carboxylic acid groups (broad SMARTS) is 1. The standard InChI is InChI=1S/C23H26N2O4/c1-16-7-11-18(12-8-16)25-22(28)23(2,3)20(24-25)6-4-5-17-9-13-19(14-10-17)29-15-21(26)27/h7-14H,4-6,15H2,1-3H3,(H,26,27). The van der Waals surface area contributed by atoms with E-state index in [1.807, 2.05) is 57.2 Å². The fourth-order valence-electron chi connectivity index (χ4n) is 3.26. The zero-order valence-corrected chi connectivity index (χ0v) is 17.0. The largest absolute Gasteiger partial charge is 0.482 e. The fourth-order valence-corrected chi connectivity index (χ4v) is 3.26. The average Bonchev–Trinajstić information content (AvgIpc) is 2.91. The SMILES string of the molecule is Cc1ccc(N2N=C(CCCc3ccc(OCC(=O)O)cc3)C(C)(C)C2=O)cc1. The molecule has 29 heavy (non-hydrogen) atoms. The number of carboxylic acids is 1. The second-order valence-electron chi connectivity index (χ2n) is 7.80. The first-order chi connectivity index (χ1) is 13.8. The van der Waals surface area contributed by atoms with Crippen molar-refractivity contribution in [2.45, 2.75) is 40.0 Å². The summed E-state index contributed by atoms with van der Waals surface area (Å²) in [5, 5.41) is 14.8. The molecule has 6 heteroatoms. The average molecular weight is 394 g/mol. The minimum atomic E-state index is -0.997. The first-order valence-electron chi connectivity index (χ1n) is 9.70. The highest BCUT2D eigenvalue weighted by molar-refractivity contribution is 6.18. The molecule has 2 aromatic carbocycles. The Morgan fingerprint density at radius 1 is 1.07 bits per heavy atom. The summed E-state index contributed by atoms with van der Waals surface area (Å²) >= 11 is 0. The number of nitrogens with zero attached hydrogens (tertiary/aromatic N) is 2. The molecule has 1 amide bonds. The van der Waals surface area contributed by atoms with E-state index in [0.29, 0.717) is 5.75 Å². The Morgan fingerprint density at radius 3 is 2.34 bits per heavy atom. The first kappa shape index (κ1) is 20.6. The molecule has 1 N–H and O–H groups in total. The van der Waals surface area contributed by atoms with Gasteiger partial charge in [-0.15, -0.1) is 0 Å². The quantitative estimate of drug-likeness (QED) is 0.727. The number of benzene rings is 2. The molecule has 0 radical (unpaired) electrons. The summed E-state index contributed by atoms with van der Waals surface area (Å²) in [6, 6.07) is 15.2. The van der Waals surface area contributed by atoms with Gasteiger partial charge in [-0.25, -0.2) is 9.80 Å². The van der Waals surface area contributed by atoms with E-state index in [0.717, 1.165) is 41.8 Å². The van der Waals surface area contributed by atoms with Crippen molar-refractivity contribution >= 4 is 23.3 Å². The van der Waals surface area contributed by atoms with Gasteiger partial charge in [0.05, 0.1) is 16.8 Å². The molecule has 2 aromatic rings. The highest BCUT2D eigenvalue weighted by Gasteiger charge is 2.43. The van der Waals surface area contributed by atoms with Crippen molar-refractivity contribution in [2.75, 3.05) is 11.6 Å². The number of hydrogen-bond donors (Lipinski definition) is 1. The lowest BCUT2D eigenvalue weighted by Crippen LogP contribution is -2.34. The van der Waals surface area contributed by atoms with Gasteiger partial charge in [-0.1, -0.05) is 29.8 Å². The van der Waals surface area contributed by atoms with Crippen molar-refractivity contribution in [1.29, 1.82) is 0 Å². The molecule has 0 saturated carbocycles. The Labute approximate surface area is 170 Å². The van der Waals surface area contributed by atoms with Gasteiger partial charge in [0, 0.05) is 0 Å². The van der Waals surface area contributed by atoms with Crippen LogP contribution in [0.2, 0.25) is 0 Å². The molecule has 0 saturated heterocycles. The van der Waals surface area contributed by atoms with Gasteiger partial charge < -0.3 is 9.84 Å². The number of anilines is 1. The molecular weight excluding hydrogens is 368 g/mol. The minimum absolute atomic E-state index is 0.00344. The van der Waals surface area contributed by atoms with Crippen molar-refractivity contribution < 1.29 is 19.4 Å². The van der Waals surface area contributed by atoms with E-state index in [1.54, 1.807) is 12.1 Å². The molecule has 1 aliphatic heterocycles. The van der Waals surface area contributed by atoms with Gasteiger partial charge in [0.15, 0.2) is 6.61 Å². The molecule has 0 fully saturated rings. The van der Waals surface area contributed by atoms with Gasteiger partial charge in [-0.3, -0.25) is 4.79 Å². The monoisotopic (exact) mass is 394 g/mol. The number of aryl methyl sites for hydroxylation is 2. The van der Waals surface area contributed by atoms with Crippen molar-refractivity contribution in [2.24, 2.45) is 10.5 Å². The number of hydrazone groups is 1. The second-order valence-corrected chi connectivity index (χ2v) is 7.80. The maximum Gasteiger partial charge on any atom is 0.341 e. The summed E-state index contributed by atoms with van der Waals surface area (Å²) in [7, 11) is 0. The van der Waals surface area contributed by atoms with E-state index in [1.165, 1.54) is 5.01 Å². The molecule has 1 aliphatic rings. The highest BCUT2D eigenvalue weighted by Crippen LogP contribution is 2.34. The van der Waals surface area contributed by atoms with Gasteiger partial charge >= 0.3 is 5.97 Å². The van der Waals surface area contributed by atoms with Crippen LogP contribution in [0.25, 0.3) is 0 Å². The molecule has 0 aliphatic carbocycles. The molecule has 0 atom stereocenters. The number of amides is 1. The summed E-state index contributed by atoms with van der Waals surface area (Å²) in [5.41, 5.74) is 3.35. The molecule has 152 valence electrons. The van der Waals surface area contributed by atoms with E-state index < -0.39 is 11.4 Å². The number of ether oxygens (including phenoxy) is 1. The predicted octanol–water partition coefficient (Wildman–Crippen LogP) is 4.21. The van der Waals surface area contributed by atoms with E-state index >= 15 is 0 Å². The van der Waals surface area contributed by atoms with Gasteiger partial charge in [0.2, 0.25) is 0 Å². The normalized spacial score (nSPS) is 15.3. The van der Waals surface area contributed by atoms with E-state index in [9.17, 15) is 9.59 Å². The Balaban J connectivity index is 1.60. The lowest BCUT2D eigenvalue weighted by Gasteiger charge is -2.19. The Morgan fingerprint density at radius 2 is 1.72 bits per heavy atom. The maximum atomic E-state index is 12.9. The van der Waals surface area contributed by atoms with Crippen LogP contribution < -0.4 is 9.75 Å². The first-order valence-corrected chi connectivity index (χ1v) is 9.70. The Bertz CT molecular complexity index is 915. The van der Waals surface area contributed by atoms with Gasteiger partial charge in [0.1, 0.15) is 5.75 Å². The van der Waals surface area contributed by atoms with E-state index in [-0.39, 0.29) is 12.5 Å². The summed E-state index contributed by atoms with van der Waals surface area (Å²) in [6.07, 6.45) is 2.44. The van der Waals surface area contributed by atoms with Crippen molar-refractivity contribution in [3.63, 3.8) is 0 Å². The van der Waals surface area contributed by atoms with Crippen LogP contribution in [0.1, 0.15) is 37.8 Å². The Hall–Kier alpha value is -3.15. The van der Waals surface area contributed by atoms with Crippen LogP contribution in [0.3, 0.4) is 0 Å². The second kappa shape index (κ2) is 8.47. The van der Waals surface area contributed by atoms with Gasteiger partial charge in [-0.2, -0.15) is 5.10 Å². The number of hydrogen-bond acceptors (Lipinski definition) is 4. The molecule has 0 aromatic heterocycles. The summed E-state index contributed by atoms with van der Waals surface area (Å²) in [4.78, 5) is 23.4. The highest BCUT2D eigenvalue weighted by atomic mass is 16.5. The Kier molecular flexibility index (Phi) is 6.01. The van der Waals surface area contributed by atoms with Crippen molar-refractivity contribution in [3.05, 3.63) is 59.7 Å². The molecule has 0 unspecified atom stereocenters. The van der Waals surface area contributed by atoms with Crippen LogP contribution in [0, 0.1) is 12.3 Å². The number of aliphatic carboxylic acids is 1. The van der Waals surface area contributed by atoms with Gasteiger partial charge in [0.25, 0.3) is 5.91 Å². The summed E-state index contributed by atoms with van der Waals surface area (Å²) in [6.45, 7) is 5.52. The topological polar surface area (TPSA) is 79.2 Å². The summed E-state index contributed by atoms with van der Waals surface area (Å²) in [5.74, 6) is -0.462. The zero-order chi connectivity index (χ0) is 21.0. The van der Waals surface area contributed by atoms with E-state index in [2.05, 4.69) is 5.10 Å². The van der Waals surface area contributed by atoms with Gasteiger partial charge in [-0.05, 0) is 69.9 Å². The number of carbonyl (C=O) groups excluding carboxylic acids is 1. The molecule has 0 spiro atoms. The van der Waals surface area contributed by atoms with Crippen LogP contribution in [0.15, 0.2) is 53.6 Å². The van der Waals surface area contributed by atoms with Crippen LogP contribution in [-0.4, -0.2) is 29.3 Å². The zero-order valence-electron chi connectivity index (χ0n) is 17.0. The molecule has 1 heterocycles. The third-order valence-electron chi connectivity index (χ3n) is 5.11. The number of rotatable bonds is 8. The third kappa shape index (κ3) is 4.83. The van der Waals surface area contributed by atoms with Crippen molar-refractivity contribution in [3.8, 4) is 5.75 Å². The van der Waals surface area contributed by atoms with E-state index in [4.69, 9.17) is 9.84 Å². The van der Waals surface area contributed by atoms with Crippen LogP contribution in [-0.2, 0) is 16.0 Å². The minimum Gasteiger partial charge on any atom is -0.482 e. The van der Waals surface area contributed by atoms with Crippen LogP contribution >= 0.6 is 0 Å². The van der Waals surface area contributed by atoms with Crippen LogP contribution in [0.4, 0.5) is 5.69 Å². The lowest BCUT2D eigenvalue weighted by molar-refractivity contribution is -0.139. The molecule has 3 rings (SSSR count). The van der Waals surface area contributed by atoms with Crippen LogP contribution in [0.5, 0.6) is 5.75 Å². The summed E-state index contributed by atoms with van der Waals surface area (Å²) < 4.78 is 5.15. The smallest absolute Gasteiger partial charge is 0.341 e. The maximum absolute atomic E-state index is 12.9. The number of carbonyl (C=O) groups is 2. The molecular formula is C23H26N2O4. The third-order valence-corrected chi connectivity index (χ3v) is 5.11. The fraction of sp³-hybridized carbons (Fsp3) is 0.348. The molecule has 6 nitrogen and oxygen atoms in total. The molecule has 0 bridgehead atoms. The lowest BCUT2D eigenvalue weighted by atomic mass is 9.84. The predicted molar refractivity (Wildman–Crippen MR) is 112 cm³/mol.